The van der Waals surface area contributed by atoms with Crippen molar-refractivity contribution in [2.45, 2.75) is 6.43 Å². The molecule has 0 aliphatic heterocycles. The minimum Gasteiger partial charge on any atom is -0.216 e. The Morgan fingerprint density at radius 2 is 1.75 bits per heavy atom. The molecular formula is C6H2F5N. The van der Waals surface area contributed by atoms with Crippen molar-refractivity contribution in [1.82, 2.24) is 4.98 Å². The fourth-order valence-electron chi connectivity index (χ4n) is 0.598. The van der Waals surface area contributed by atoms with Crippen LogP contribution in [0.1, 0.15) is 12.1 Å². The molecule has 0 amide bonds. The van der Waals surface area contributed by atoms with Gasteiger partial charge in [-0.3, -0.25) is 0 Å². The molecule has 1 rings (SSSR count). The molecule has 66 valence electrons. The molecule has 1 aromatic heterocycles. The predicted octanol–water partition coefficient (Wildman–Crippen LogP) is 2.44. The summed E-state index contributed by atoms with van der Waals surface area (Å²) >= 11 is 0. The van der Waals surface area contributed by atoms with Crippen LogP contribution in [0.4, 0.5) is 22.0 Å². The van der Waals surface area contributed by atoms with Crippen LogP contribution in [0, 0.1) is 17.6 Å². The molecule has 0 radical (unpaired) electrons. The summed E-state index contributed by atoms with van der Waals surface area (Å²) in [5.41, 5.74) is -1.12. The third kappa shape index (κ3) is 1.51. The largest absolute Gasteiger partial charge is 0.280 e. The number of hydrogen-bond acceptors (Lipinski definition) is 1. The lowest BCUT2D eigenvalue weighted by Gasteiger charge is -1.99. The van der Waals surface area contributed by atoms with Crippen LogP contribution in [0.25, 0.3) is 0 Å². The minimum absolute atomic E-state index is 0.156. The van der Waals surface area contributed by atoms with Crippen molar-refractivity contribution in [1.29, 1.82) is 0 Å². The van der Waals surface area contributed by atoms with Gasteiger partial charge in [-0.1, -0.05) is 0 Å². The van der Waals surface area contributed by atoms with E-state index in [9.17, 15) is 22.0 Å². The maximum atomic E-state index is 12.2. The molecule has 1 heterocycles. The van der Waals surface area contributed by atoms with Crippen molar-refractivity contribution in [3.63, 3.8) is 0 Å². The highest BCUT2D eigenvalue weighted by molar-refractivity contribution is 5.09. The van der Waals surface area contributed by atoms with Gasteiger partial charge in [0, 0.05) is 6.07 Å². The van der Waals surface area contributed by atoms with Gasteiger partial charge >= 0.3 is 0 Å². The molecule has 0 saturated carbocycles. The molecule has 0 aromatic carbocycles. The van der Waals surface area contributed by atoms with Gasteiger partial charge in [0.25, 0.3) is 12.4 Å². The molecule has 6 heteroatoms. The third-order valence-electron chi connectivity index (χ3n) is 1.12. The number of aromatic nitrogens is 1. The van der Waals surface area contributed by atoms with E-state index in [0.717, 1.165) is 0 Å². The van der Waals surface area contributed by atoms with E-state index in [1.165, 1.54) is 0 Å². The number of nitrogens with zero attached hydrogens (tertiary/aromatic N) is 1. The highest BCUT2D eigenvalue weighted by Crippen LogP contribution is 2.19. The molecule has 0 saturated heterocycles. The Bertz CT molecular complexity index is 275. The Hall–Kier alpha value is -1.20. The fraction of sp³-hybridized carbons (Fsp3) is 0.167. The summed E-state index contributed by atoms with van der Waals surface area (Å²) in [7, 11) is 0. The summed E-state index contributed by atoms with van der Waals surface area (Å²) in [4.78, 5) is 2.50. The topological polar surface area (TPSA) is 12.9 Å². The monoisotopic (exact) mass is 183 g/mol. The van der Waals surface area contributed by atoms with Crippen LogP contribution in [0.15, 0.2) is 6.07 Å². The zero-order valence-electron chi connectivity index (χ0n) is 5.49. The van der Waals surface area contributed by atoms with Crippen LogP contribution in [0.5, 0.6) is 0 Å². The predicted molar refractivity (Wildman–Crippen MR) is 29.1 cm³/mol. The van der Waals surface area contributed by atoms with E-state index in [0.29, 0.717) is 0 Å². The van der Waals surface area contributed by atoms with Crippen LogP contribution in [0.3, 0.4) is 0 Å². The van der Waals surface area contributed by atoms with Gasteiger partial charge in [-0.25, -0.2) is 18.2 Å². The van der Waals surface area contributed by atoms with Crippen LogP contribution in [-0.2, 0) is 0 Å². The summed E-state index contributed by atoms with van der Waals surface area (Å²) < 4.78 is 60.0. The summed E-state index contributed by atoms with van der Waals surface area (Å²) in [5, 5.41) is 0. The minimum atomic E-state index is -3.12. The Morgan fingerprint density at radius 3 is 2.17 bits per heavy atom. The van der Waals surface area contributed by atoms with Gasteiger partial charge in [0.15, 0.2) is 5.82 Å². The highest BCUT2D eigenvalue weighted by Gasteiger charge is 2.17. The van der Waals surface area contributed by atoms with E-state index in [1.807, 2.05) is 0 Å². The van der Waals surface area contributed by atoms with Gasteiger partial charge in [-0.05, 0) is 0 Å². The van der Waals surface area contributed by atoms with Crippen molar-refractivity contribution >= 4 is 0 Å². The molecule has 0 spiro atoms. The Labute approximate surface area is 63.8 Å². The van der Waals surface area contributed by atoms with Gasteiger partial charge in [0.2, 0.25) is 5.82 Å². The van der Waals surface area contributed by atoms with Gasteiger partial charge < -0.3 is 0 Å². The first-order valence-electron chi connectivity index (χ1n) is 2.82. The van der Waals surface area contributed by atoms with Crippen LogP contribution >= 0.6 is 0 Å². The molecule has 0 fully saturated rings. The fourth-order valence-corrected chi connectivity index (χ4v) is 0.598. The van der Waals surface area contributed by atoms with Crippen molar-refractivity contribution in [2.24, 2.45) is 0 Å². The van der Waals surface area contributed by atoms with Gasteiger partial charge in [0.1, 0.15) is 5.69 Å². The number of pyridine rings is 1. The molecule has 1 aromatic rings. The highest BCUT2D eigenvalue weighted by atomic mass is 19.3. The Morgan fingerprint density at radius 1 is 1.17 bits per heavy atom. The zero-order chi connectivity index (χ0) is 9.30. The van der Waals surface area contributed by atoms with Crippen LogP contribution in [0.2, 0.25) is 0 Å². The lowest BCUT2D eigenvalue weighted by atomic mass is 10.3. The molecule has 12 heavy (non-hydrogen) atoms. The molecule has 0 unspecified atom stereocenters. The zero-order valence-corrected chi connectivity index (χ0v) is 5.49. The van der Waals surface area contributed by atoms with E-state index >= 15 is 0 Å². The second-order valence-corrected chi connectivity index (χ2v) is 1.93. The van der Waals surface area contributed by atoms with Crippen molar-refractivity contribution in [2.75, 3.05) is 0 Å². The summed E-state index contributed by atoms with van der Waals surface area (Å²) in [5.74, 6) is -5.37. The van der Waals surface area contributed by atoms with Crippen molar-refractivity contribution in [3.8, 4) is 0 Å². The first-order chi connectivity index (χ1) is 5.52. The molecule has 0 bridgehead atoms. The Balaban J connectivity index is 3.21. The van der Waals surface area contributed by atoms with Crippen molar-refractivity contribution < 1.29 is 22.0 Å². The first kappa shape index (κ1) is 8.89. The number of hydrogen-bond donors (Lipinski definition) is 0. The smallest absolute Gasteiger partial charge is 0.216 e. The summed E-state index contributed by atoms with van der Waals surface area (Å²) in [6.07, 6.45) is -3.12. The SMILES string of the molecule is Fc1cc(C(F)F)nc(F)c1F. The summed E-state index contributed by atoms with van der Waals surface area (Å²) in [6, 6.07) is 0.156. The third-order valence-corrected chi connectivity index (χ3v) is 1.12. The van der Waals surface area contributed by atoms with Gasteiger partial charge in [-0.15, -0.1) is 0 Å². The molecule has 0 aliphatic rings. The Kier molecular flexibility index (Phi) is 2.25. The number of halogens is 5. The van der Waals surface area contributed by atoms with Crippen LogP contribution in [-0.4, -0.2) is 4.98 Å². The van der Waals surface area contributed by atoms with E-state index in [-0.39, 0.29) is 6.07 Å². The average molecular weight is 183 g/mol. The van der Waals surface area contributed by atoms with Gasteiger partial charge in [0.05, 0.1) is 0 Å². The lowest BCUT2D eigenvalue weighted by molar-refractivity contribution is 0.143. The average Bonchev–Trinajstić information content (AvgIpc) is 1.99. The van der Waals surface area contributed by atoms with Crippen molar-refractivity contribution in [3.05, 3.63) is 29.3 Å². The number of alkyl halides is 2. The lowest BCUT2D eigenvalue weighted by Crippen LogP contribution is -2.00. The van der Waals surface area contributed by atoms with E-state index < -0.39 is 29.7 Å². The molecule has 0 aliphatic carbocycles. The second-order valence-electron chi connectivity index (χ2n) is 1.93. The molecule has 0 N–H and O–H groups in total. The van der Waals surface area contributed by atoms with E-state index in [2.05, 4.69) is 4.98 Å². The first-order valence-corrected chi connectivity index (χ1v) is 2.82. The molecule has 0 atom stereocenters. The molecule has 1 nitrogen and oxygen atoms in total. The molecular weight excluding hydrogens is 181 g/mol. The van der Waals surface area contributed by atoms with Crippen LogP contribution < -0.4 is 0 Å². The summed E-state index contributed by atoms with van der Waals surface area (Å²) in [6.45, 7) is 0. The normalized spacial score (nSPS) is 10.8. The maximum Gasteiger partial charge on any atom is 0.280 e. The van der Waals surface area contributed by atoms with Gasteiger partial charge in [-0.2, -0.15) is 8.78 Å². The van der Waals surface area contributed by atoms with E-state index in [1.54, 1.807) is 0 Å². The quantitative estimate of drug-likeness (QED) is 0.481. The maximum absolute atomic E-state index is 12.2. The second kappa shape index (κ2) is 3.04. The van der Waals surface area contributed by atoms with E-state index in [4.69, 9.17) is 0 Å². The standard InChI is InChI=1S/C6H2F5N/c7-2-1-3(5(9)10)12-6(11)4(2)8/h1,5H. The number of rotatable bonds is 1.